The molecule has 0 unspecified atom stereocenters. The van der Waals surface area contributed by atoms with Crippen LogP contribution in [0.4, 0.5) is 0 Å². The molecule has 0 saturated carbocycles. The van der Waals surface area contributed by atoms with Crippen molar-refractivity contribution < 1.29 is 73.0 Å². The number of para-hydroxylation sites is 1. The number of aliphatic hydroxyl groups excluding tert-OH is 2. The Bertz CT molecular complexity index is 622. The maximum atomic E-state index is 11.2. The van der Waals surface area contributed by atoms with Gasteiger partial charge in [0, 0.05) is 68.0 Å². The summed E-state index contributed by atoms with van der Waals surface area (Å²) in [6, 6.07) is 5.34. The van der Waals surface area contributed by atoms with Gasteiger partial charge in [-0.2, -0.15) is 0 Å². The van der Waals surface area contributed by atoms with Crippen LogP contribution >= 0.6 is 0 Å². The first-order valence-electron chi connectivity index (χ1n) is 6.65. The van der Waals surface area contributed by atoms with E-state index in [-0.39, 0.29) is 63.9 Å². The zero-order valence-electron chi connectivity index (χ0n) is 12.4. The summed E-state index contributed by atoms with van der Waals surface area (Å²) in [5.74, 6) is 0.571. The third-order valence-corrected chi connectivity index (χ3v) is 3.14. The third-order valence-electron chi connectivity index (χ3n) is 3.14. The van der Waals surface area contributed by atoms with Crippen molar-refractivity contribution in [2.45, 2.75) is 12.8 Å². The van der Waals surface area contributed by atoms with Crippen molar-refractivity contribution >= 4 is 16.9 Å². The van der Waals surface area contributed by atoms with Crippen molar-refractivity contribution in [2.75, 3.05) is 26.9 Å². The number of ether oxygens (including phenoxy) is 2. The van der Waals surface area contributed by atoms with Gasteiger partial charge >= 0.3 is 5.97 Å². The van der Waals surface area contributed by atoms with Crippen LogP contribution in [0.25, 0.3) is 11.0 Å². The van der Waals surface area contributed by atoms with Crippen LogP contribution in [0.1, 0.15) is 11.3 Å². The average Bonchev–Trinajstić information content (AvgIpc) is 2.84. The molecule has 1 aromatic carbocycles. The molecule has 0 fully saturated rings. The summed E-state index contributed by atoms with van der Waals surface area (Å²) in [7, 11) is 1.29. The van der Waals surface area contributed by atoms with Crippen molar-refractivity contribution in [1.29, 1.82) is 0 Å². The van der Waals surface area contributed by atoms with E-state index in [1.807, 2.05) is 6.07 Å². The largest absolute Gasteiger partial charge is 0.478 e. The van der Waals surface area contributed by atoms with E-state index < -0.39 is 5.97 Å². The van der Waals surface area contributed by atoms with Gasteiger partial charge in [0.15, 0.2) is 17.9 Å². The molecule has 6 nitrogen and oxygen atoms in total. The number of furan rings is 1. The van der Waals surface area contributed by atoms with Gasteiger partial charge in [-0.1, -0.05) is 12.1 Å². The van der Waals surface area contributed by atoms with Gasteiger partial charge in [-0.25, -0.2) is 4.79 Å². The fourth-order valence-electron chi connectivity index (χ4n) is 2.19. The first-order valence-corrected chi connectivity index (χ1v) is 6.65. The molecule has 0 aliphatic heterocycles. The van der Waals surface area contributed by atoms with E-state index in [4.69, 9.17) is 14.3 Å². The van der Waals surface area contributed by atoms with Crippen LogP contribution in [-0.2, 0) is 22.4 Å². The normalized spacial score (nSPS) is 10.3. The van der Waals surface area contributed by atoms with E-state index in [0.29, 0.717) is 29.9 Å². The summed E-state index contributed by atoms with van der Waals surface area (Å²) >= 11 is 0. The zero-order valence-corrected chi connectivity index (χ0v) is 17.1. The molecule has 2 aromatic rings. The van der Waals surface area contributed by atoms with Gasteiger partial charge in [-0.3, -0.25) is 0 Å². The molecule has 22 heavy (non-hydrogen) atoms. The molecule has 0 aliphatic carbocycles. The Balaban J connectivity index is 0.00000242. The van der Waals surface area contributed by atoms with Crippen LogP contribution in [0.15, 0.2) is 22.6 Å². The Labute approximate surface area is 163 Å². The molecule has 0 atom stereocenters. The molecule has 7 heteroatoms. The zero-order chi connectivity index (χ0) is 15.2. The summed E-state index contributed by atoms with van der Waals surface area (Å²) in [4.78, 5) is 11.2. The van der Waals surface area contributed by atoms with Gasteiger partial charge in [0.05, 0.1) is 13.7 Å². The minimum atomic E-state index is -0.482. The second-order valence-electron chi connectivity index (χ2n) is 4.45. The summed E-state index contributed by atoms with van der Waals surface area (Å²) in [5.41, 5.74) is 1.36. The van der Waals surface area contributed by atoms with Crippen molar-refractivity contribution in [1.82, 2.24) is 0 Å². The second-order valence-corrected chi connectivity index (χ2v) is 4.45. The van der Waals surface area contributed by atoms with Crippen molar-refractivity contribution in [3.63, 3.8) is 0 Å². The standard InChI is InChI=1S/C15H18O6.Ac/c1-19-14(18)9-20-13-4-2-3-11-10(5-7-16)12(6-8-17)21-15(11)13;/h2-4,16-17H,5-9H2,1H3;. The van der Waals surface area contributed by atoms with Crippen LogP contribution in [0, 0.1) is 44.1 Å². The van der Waals surface area contributed by atoms with E-state index in [9.17, 15) is 9.90 Å². The topological polar surface area (TPSA) is 89.1 Å². The van der Waals surface area contributed by atoms with E-state index in [2.05, 4.69) is 4.74 Å². The van der Waals surface area contributed by atoms with Crippen molar-refractivity contribution in [3.05, 3.63) is 29.5 Å². The predicted octanol–water partition coefficient (Wildman–Crippen LogP) is 1.05. The van der Waals surface area contributed by atoms with E-state index in [0.717, 1.165) is 10.9 Å². The smallest absolute Gasteiger partial charge is 0.343 e. The van der Waals surface area contributed by atoms with Gasteiger partial charge in [0.25, 0.3) is 0 Å². The van der Waals surface area contributed by atoms with E-state index in [1.54, 1.807) is 12.1 Å². The average molecular weight is 521 g/mol. The predicted molar refractivity (Wildman–Crippen MR) is 75.3 cm³/mol. The molecule has 0 spiro atoms. The second kappa shape index (κ2) is 9.51. The molecule has 0 amide bonds. The van der Waals surface area contributed by atoms with Crippen molar-refractivity contribution in [2.24, 2.45) is 0 Å². The van der Waals surface area contributed by atoms with E-state index in [1.165, 1.54) is 7.11 Å². The van der Waals surface area contributed by atoms with Crippen LogP contribution in [0.2, 0.25) is 0 Å². The Morgan fingerprint density at radius 1 is 1.23 bits per heavy atom. The number of methoxy groups -OCH3 is 1. The number of benzene rings is 1. The number of carbonyl (C=O) groups excluding carboxylic acids is 1. The first kappa shape index (κ1) is 19.4. The number of esters is 1. The van der Waals surface area contributed by atoms with Crippen LogP contribution in [0.3, 0.4) is 0 Å². The molecule has 2 rings (SSSR count). The Morgan fingerprint density at radius 3 is 2.59 bits per heavy atom. The quantitative estimate of drug-likeness (QED) is 0.530. The summed E-state index contributed by atoms with van der Waals surface area (Å²) in [5, 5.41) is 19.1. The molecule has 0 aliphatic rings. The van der Waals surface area contributed by atoms with Gasteiger partial charge in [-0.05, 0) is 12.5 Å². The molecular weight excluding hydrogens is 503 g/mol. The number of aliphatic hydroxyl groups is 2. The Hall–Kier alpha value is -0.608. The summed E-state index contributed by atoms with van der Waals surface area (Å²) in [6.07, 6.45) is 0.795. The van der Waals surface area contributed by atoms with E-state index >= 15 is 0 Å². The number of hydrogen-bond donors (Lipinski definition) is 2. The minimum absolute atomic E-state index is 0. The Morgan fingerprint density at radius 2 is 1.95 bits per heavy atom. The molecule has 1 aromatic heterocycles. The molecular formula is C15H18AcO6. The minimum Gasteiger partial charge on any atom is -0.478 e. The molecule has 2 N–H and O–H groups in total. The SMILES string of the molecule is COC(=O)COc1cccc2c(CCO)c(CCO)oc12.[Ac]. The molecule has 1 heterocycles. The summed E-state index contributed by atoms with van der Waals surface area (Å²) < 4.78 is 15.7. The maximum absolute atomic E-state index is 11.2. The van der Waals surface area contributed by atoms with Gasteiger partial charge in [0.1, 0.15) is 5.76 Å². The van der Waals surface area contributed by atoms with Crippen LogP contribution in [0.5, 0.6) is 5.75 Å². The molecule has 0 saturated heterocycles. The van der Waals surface area contributed by atoms with Crippen LogP contribution in [-0.4, -0.2) is 43.1 Å². The number of fused-ring (bicyclic) bond motifs is 1. The fourth-order valence-corrected chi connectivity index (χ4v) is 2.19. The molecule has 0 bridgehead atoms. The number of carbonyl (C=O) groups is 1. The number of hydrogen-bond acceptors (Lipinski definition) is 6. The van der Waals surface area contributed by atoms with Gasteiger partial charge in [0.2, 0.25) is 0 Å². The van der Waals surface area contributed by atoms with Gasteiger partial charge in [-0.15, -0.1) is 0 Å². The third kappa shape index (κ3) is 4.45. The fraction of sp³-hybridized carbons (Fsp3) is 0.400. The van der Waals surface area contributed by atoms with Crippen LogP contribution < -0.4 is 4.74 Å². The maximum Gasteiger partial charge on any atom is 0.343 e. The molecule has 1 radical (unpaired) electrons. The Kier molecular flexibility index (Phi) is 8.40. The van der Waals surface area contributed by atoms with Gasteiger partial charge < -0.3 is 24.1 Å². The summed E-state index contributed by atoms with van der Waals surface area (Å²) in [6.45, 7) is -0.266. The monoisotopic (exact) mass is 521 g/mol. The van der Waals surface area contributed by atoms with Crippen molar-refractivity contribution in [3.8, 4) is 5.75 Å². The first-order chi connectivity index (χ1) is 10.2. The molecule has 117 valence electrons. The number of rotatable bonds is 7.